The van der Waals surface area contributed by atoms with Gasteiger partial charge in [0, 0.05) is 24.4 Å². The number of ether oxygens (including phenoxy) is 1. The molecule has 1 aromatic heterocycles. The molecule has 1 aliphatic rings. The van der Waals surface area contributed by atoms with Gasteiger partial charge in [0.1, 0.15) is 6.04 Å². The number of nitrogens with zero attached hydrogens (tertiary/aromatic N) is 2. The molecule has 6 nitrogen and oxygen atoms in total. The van der Waals surface area contributed by atoms with E-state index >= 15 is 0 Å². The van der Waals surface area contributed by atoms with Gasteiger partial charge in [-0.1, -0.05) is 26.8 Å². The number of Topliss-reactive ketones (excluding diaryl/α,β-unsaturated/α-hetero) is 1. The highest BCUT2D eigenvalue weighted by Gasteiger charge is 2.40. The van der Waals surface area contributed by atoms with Crippen LogP contribution in [0.15, 0.2) is 24.5 Å². The second-order valence-corrected chi connectivity index (χ2v) is 7.37. The SMILES string of the molecule is CC(C)(C)C(=O)C(=O)N1CCC[C@@H]1C(=O)OCCCc1cccnc1. The van der Waals surface area contributed by atoms with E-state index < -0.39 is 29.1 Å². The first-order valence-electron chi connectivity index (χ1n) is 8.71. The Bertz CT molecular complexity index is 622. The van der Waals surface area contributed by atoms with Crippen LogP contribution < -0.4 is 0 Å². The van der Waals surface area contributed by atoms with Crippen molar-refractivity contribution in [3.63, 3.8) is 0 Å². The molecule has 2 rings (SSSR count). The predicted molar refractivity (Wildman–Crippen MR) is 92.7 cm³/mol. The van der Waals surface area contributed by atoms with Crippen molar-refractivity contribution in [1.29, 1.82) is 0 Å². The number of amides is 1. The highest BCUT2D eigenvalue weighted by molar-refractivity contribution is 6.38. The zero-order chi connectivity index (χ0) is 18.4. The van der Waals surface area contributed by atoms with Crippen molar-refractivity contribution in [2.45, 2.75) is 52.5 Å². The number of likely N-dealkylation sites (tertiary alicyclic amines) is 1. The lowest BCUT2D eigenvalue weighted by atomic mass is 9.90. The van der Waals surface area contributed by atoms with E-state index in [1.165, 1.54) is 4.90 Å². The Morgan fingerprint density at radius 2 is 2.08 bits per heavy atom. The fourth-order valence-electron chi connectivity index (χ4n) is 2.80. The maximum atomic E-state index is 12.4. The molecule has 0 N–H and O–H groups in total. The second kappa shape index (κ2) is 8.23. The zero-order valence-electron chi connectivity index (χ0n) is 15.2. The minimum Gasteiger partial charge on any atom is -0.464 e. The predicted octanol–water partition coefficient (Wildman–Crippen LogP) is 2.16. The third-order valence-corrected chi connectivity index (χ3v) is 4.24. The second-order valence-electron chi connectivity index (χ2n) is 7.37. The number of rotatable bonds is 6. The Balaban J connectivity index is 1.83. The summed E-state index contributed by atoms with van der Waals surface area (Å²) in [6, 6.07) is 3.21. The lowest BCUT2D eigenvalue weighted by Crippen LogP contribution is -2.47. The van der Waals surface area contributed by atoms with Gasteiger partial charge in [0.05, 0.1) is 6.61 Å². The summed E-state index contributed by atoms with van der Waals surface area (Å²) in [7, 11) is 0. The topological polar surface area (TPSA) is 76.6 Å². The summed E-state index contributed by atoms with van der Waals surface area (Å²) in [5.41, 5.74) is 0.338. The highest BCUT2D eigenvalue weighted by atomic mass is 16.5. The largest absolute Gasteiger partial charge is 0.464 e. The molecular formula is C19H26N2O4. The van der Waals surface area contributed by atoms with Crippen LogP contribution in [0.4, 0.5) is 0 Å². The third-order valence-electron chi connectivity index (χ3n) is 4.24. The Morgan fingerprint density at radius 1 is 1.32 bits per heavy atom. The number of esters is 1. The van der Waals surface area contributed by atoms with Crippen molar-refractivity contribution in [1.82, 2.24) is 9.88 Å². The molecule has 0 aromatic carbocycles. The molecule has 0 radical (unpaired) electrons. The van der Waals surface area contributed by atoms with Gasteiger partial charge in [-0.2, -0.15) is 0 Å². The molecular weight excluding hydrogens is 320 g/mol. The molecule has 2 heterocycles. The maximum Gasteiger partial charge on any atom is 0.328 e. The molecule has 0 spiro atoms. The number of carbonyl (C=O) groups is 3. The van der Waals surface area contributed by atoms with E-state index in [1.54, 1.807) is 33.2 Å². The molecule has 1 aliphatic heterocycles. The van der Waals surface area contributed by atoms with Gasteiger partial charge in [-0.25, -0.2) is 4.79 Å². The summed E-state index contributed by atoms with van der Waals surface area (Å²) < 4.78 is 5.33. The van der Waals surface area contributed by atoms with Crippen LogP contribution in [0.2, 0.25) is 0 Å². The van der Waals surface area contributed by atoms with Gasteiger partial charge in [-0.05, 0) is 37.3 Å². The first-order chi connectivity index (χ1) is 11.8. The summed E-state index contributed by atoms with van der Waals surface area (Å²) in [6.07, 6.45) is 6.23. The molecule has 0 bridgehead atoms. The van der Waals surface area contributed by atoms with Crippen LogP contribution in [-0.4, -0.2) is 46.7 Å². The average molecular weight is 346 g/mol. The minimum atomic E-state index is -0.752. The van der Waals surface area contributed by atoms with Crippen LogP contribution in [0, 0.1) is 5.41 Å². The number of aromatic nitrogens is 1. The molecule has 6 heteroatoms. The number of carbonyl (C=O) groups excluding carboxylic acids is 3. The standard InChI is InChI=1S/C19H26N2O4/c1-19(2,3)16(22)17(23)21-11-5-9-15(21)18(24)25-12-6-8-14-7-4-10-20-13-14/h4,7,10,13,15H,5-6,8-9,11-12H2,1-3H3/t15-/m1/s1. The fourth-order valence-corrected chi connectivity index (χ4v) is 2.80. The van der Waals surface area contributed by atoms with Crippen LogP contribution in [0.5, 0.6) is 0 Å². The number of hydrogen-bond acceptors (Lipinski definition) is 5. The van der Waals surface area contributed by atoms with Crippen LogP contribution >= 0.6 is 0 Å². The molecule has 0 unspecified atom stereocenters. The quantitative estimate of drug-likeness (QED) is 0.448. The van der Waals surface area contributed by atoms with Crippen LogP contribution in [0.3, 0.4) is 0 Å². The van der Waals surface area contributed by atoms with E-state index in [-0.39, 0.29) is 0 Å². The Morgan fingerprint density at radius 3 is 2.72 bits per heavy atom. The molecule has 1 amide bonds. The van der Waals surface area contributed by atoms with E-state index in [2.05, 4.69) is 4.98 Å². The van der Waals surface area contributed by atoms with E-state index in [0.717, 1.165) is 12.0 Å². The molecule has 1 aromatic rings. The lowest BCUT2D eigenvalue weighted by Gasteiger charge is -2.25. The van der Waals surface area contributed by atoms with E-state index in [0.29, 0.717) is 32.4 Å². The first kappa shape index (κ1) is 19.1. The summed E-state index contributed by atoms with van der Waals surface area (Å²) in [4.78, 5) is 42.3. The average Bonchev–Trinajstić information content (AvgIpc) is 3.07. The number of pyridine rings is 1. The molecule has 0 aliphatic carbocycles. The van der Waals surface area contributed by atoms with Gasteiger partial charge in [0.15, 0.2) is 0 Å². The van der Waals surface area contributed by atoms with Gasteiger partial charge < -0.3 is 9.64 Å². The molecule has 1 fully saturated rings. The molecule has 1 saturated heterocycles. The minimum absolute atomic E-state index is 0.291. The monoisotopic (exact) mass is 346 g/mol. The molecule has 136 valence electrons. The number of hydrogen-bond donors (Lipinski definition) is 0. The van der Waals surface area contributed by atoms with Gasteiger partial charge in [-0.15, -0.1) is 0 Å². The van der Waals surface area contributed by atoms with Crippen molar-refractivity contribution in [2.75, 3.05) is 13.2 Å². The summed E-state index contributed by atoms with van der Waals surface area (Å²) in [6.45, 7) is 5.83. The van der Waals surface area contributed by atoms with Crippen LogP contribution in [0.1, 0.15) is 45.6 Å². The van der Waals surface area contributed by atoms with Gasteiger partial charge >= 0.3 is 5.97 Å². The van der Waals surface area contributed by atoms with E-state index in [1.807, 2.05) is 12.1 Å². The molecule has 0 saturated carbocycles. The summed E-state index contributed by atoms with van der Waals surface area (Å²) in [5, 5.41) is 0. The third kappa shape index (κ3) is 5.11. The van der Waals surface area contributed by atoms with Crippen molar-refractivity contribution in [3.05, 3.63) is 30.1 Å². The van der Waals surface area contributed by atoms with E-state index in [9.17, 15) is 14.4 Å². The molecule has 1 atom stereocenters. The Labute approximate surface area is 148 Å². The van der Waals surface area contributed by atoms with Gasteiger partial charge in [0.25, 0.3) is 5.91 Å². The Kier molecular flexibility index (Phi) is 6.28. The lowest BCUT2D eigenvalue weighted by molar-refractivity contribution is -0.157. The Hall–Kier alpha value is -2.24. The number of ketones is 1. The van der Waals surface area contributed by atoms with Gasteiger partial charge in [0.2, 0.25) is 5.78 Å². The zero-order valence-corrected chi connectivity index (χ0v) is 15.2. The van der Waals surface area contributed by atoms with Crippen molar-refractivity contribution in [2.24, 2.45) is 5.41 Å². The van der Waals surface area contributed by atoms with E-state index in [4.69, 9.17) is 4.74 Å². The smallest absolute Gasteiger partial charge is 0.328 e. The van der Waals surface area contributed by atoms with Crippen molar-refractivity contribution >= 4 is 17.7 Å². The first-order valence-corrected chi connectivity index (χ1v) is 8.71. The van der Waals surface area contributed by atoms with Crippen LogP contribution in [-0.2, 0) is 25.5 Å². The fraction of sp³-hybridized carbons (Fsp3) is 0.579. The van der Waals surface area contributed by atoms with Crippen molar-refractivity contribution < 1.29 is 19.1 Å². The van der Waals surface area contributed by atoms with Crippen LogP contribution in [0.25, 0.3) is 0 Å². The summed E-state index contributed by atoms with van der Waals surface area (Å²) >= 11 is 0. The maximum absolute atomic E-state index is 12.4. The number of aryl methyl sites for hydroxylation is 1. The normalized spacial score (nSPS) is 17.4. The van der Waals surface area contributed by atoms with Crippen molar-refractivity contribution in [3.8, 4) is 0 Å². The highest BCUT2D eigenvalue weighted by Crippen LogP contribution is 2.23. The van der Waals surface area contributed by atoms with Gasteiger partial charge in [-0.3, -0.25) is 14.6 Å². The summed E-state index contributed by atoms with van der Waals surface area (Å²) in [5.74, 6) is -1.47. The molecule has 25 heavy (non-hydrogen) atoms.